The maximum Gasteiger partial charge on any atom is 0.407 e. The summed E-state index contributed by atoms with van der Waals surface area (Å²) in [6.07, 6.45) is -4.84. The predicted octanol–water partition coefficient (Wildman–Crippen LogP) is 2.75. The van der Waals surface area contributed by atoms with Gasteiger partial charge in [0, 0.05) is 0 Å². The van der Waals surface area contributed by atoms with Crippen molar-refractivity contribution < 1.29 is 22.7 Å². The van der Waals surface area contributed by atoms with Crippen molar-refractivity contribution in [2.24, 2.45) is 5.73 Å². The number of phenols is 1. The number of hydrogen-bond acceptors (Lipinski definition) is 2. The van der Waals surface area contributed by atoms with Gasteiger partial charge < -0.3 is 10.8 Å². The summed E-state index contributed by atoms with van der Waals surface area (Å²) in [6.45, 7) is 0. The molecule has 2 nitrogen and oxygen atoms in total. The van der Waals surface area contributed by atoms with Crippen molar-refractivity contribution in [3.05, 3.63) is 28.5 Å². The van der Waals surface area contributed by atoms with E-state index in [2.05, 4.69) is 0 Å². The number of rotatable bonds is 1. The summed E-state index contributed by atoms with van der Waals surface area (Å²) in [5, 5.41) is 8.78. The van der Waals surface area contributed by atoms with Gasteiger partial charge >= 0.3 is 6.18 Å². The fourth-order valence-corrected chi connectivity index (χ4v) is 1.18. The second-order valence-electron chi connectivity index (χ2n) is 2.81. The molecule has 0 bridgehead atoms. The van der Waals surface area contributed by atoms with E-state index >= 15 is 0 Å². The van der Waals surface area contributed by atoms with Gasteiger partial charge in [-0.05, 0) is 12.1 Å². The topological polar surface area (TPSA) is 46.2 Å². The van der Waals surface area contributed by atoms with Gasteiger partial charge in [0.25, 0.3) is 0 Å². The summed E-state index contributed by atoms with van der Waals surface area (Å²) < 4.78 is 49.6. The van der Waals surface area contributed by atoms with Crippen LogP contribution < -0.4 is 5.73 Å². The largest absolute Gasteiger partial charge is 0.506 e. The van der Waals surface area contributed by atoms with Crippen LogP contribution in [0.2, 0.25) is 5.02 Å². The van der Waals surface area contributed by atoms with Crippen LogP contribution in [-0.2, 0) is 0 Å². The molecule has 15 heavy (non-hydrogen) atoms. The van der Waals surface area contributed by atoms with E-state index in [1.807, 2.05) is 0 Å². The third-order valence-corrected chi connectivity index (χ3v) is 2.08. The molecule has 0 aliphatic heterocycles. The molecule has 0 spiro atoms. The van der Waals surface area contributed by atoms with Crippen LogP contribution in [-0.4, -0.2) is 11.3 Å². The zero-order valence-electron chi connectivity index (χ0n) is 7.15. The minimum atomic E-state index is -4.84. The summed E-state index contributed by atoms with van der Waals surface area (Å²) in [4.78, 5) is 0. The Bertz CT molecular complexity index is 380. The van der Waals surface area contributed by atoms with Gasteiger partial charge in [-0.15, -0.1) is 0 Å². The molecule has 1 atom stereocenters. The molecule has 0 radical (unpaired) electrons. The van der Waals surface area contributed by atoms with Crippen molar-refractivity contribution in [2.75, 3.05) is 0 Å². The summed E-state index contributed by atoms with van der Waals surface area (Å²) in [6, 6.07) is -0.946. The number of aromatic hydroxyl groups is 1. The normalized spacial score (nSPS) is 14.0. The van der Waals surface area contributed by atoms with Crippen molar-refractivity contribution in [3.8, 4) is 5.75 Å². The molecular formula is C8H6ClF4NO. The molecule has 0 saturated heterocycles. The molecule has 7 heteroatoms. The molecule has 0 aromatic heterocycles. The van der Waals surface area contributed by atoms with Gasteiger partial charge in [-0.1, -0.05) is 11.6 Å². The van der Waals surface area contributed by atoms with E-state index in [4.69, 9.17) is 22.4 Å². The van der Waals surface area contributed by atoms with E-state index in [-0.39, 0.29) is 5.02 Å². The van der Waals surface area contributed by atoms with Crippen LogP contribution in [0.4, 0.5) is 17.6 Å². The molecule has 84 valence electrons. The lowest BCUT2D eigenvalue weighted by Gasteiger charge is -2.18. The summed E-state index contributed by atoms with van der Waals surface area (Å²) in [7, 11) is 0. The first-order chi connectivity index (χ1) is 6.75. The van der Waals surface area contributed by atoms with Crippen LogP contribution in [0.25, 0.3) is 0 Å². The molecule has 1 rings (SSSR count). The lowest BCUT2D eigenvalue weighted by molar-refractivity contribution is -0.150. The van der Waals surface area contributed by atoms with E-state index in [0.717, 1.165) is 6.07 Å². The molecule has 0 aliphatic rings. The Morgan fingerprint density at radius 1 is 1.33 bits per heavy atom. The van der Waals surface area contributed by atoms with Gasteiger partial charge in [-0.3, -0.25) is 0 Å². The molecule has 0 fully saturated rings. The van der Waals surface area contributed by atoms with Gasteiger partial charge in [0.15, 0.2) is 0 Å². The van der Waals surface area contributed by atoms with Crippen molar-refractivity contribution in [2.45, 2.75) is 12.2 Å². The van der Waals surface area contributed by atoms with Crippen LogP contribution in [0, 0.1) is 5.82 Å². The van der Waals surface area contributed by atoms with Gasteiger partial charge in [-0.2, -0.15) is 13.2 Å². The third kappa shape index (κ3) is 2.32. The maximum atomic E-state index is 13.0. The smallest absolute Gasteiger partial charge is 0.407 e. The Kier molecular flexibility index (Phi) is 3.11. The summed E-state index contributed by atoms with van der Waals surface area (Å²) in [5.41, 5.74) is 3.71. The number of nitrogens with two attached hydrogens (primary N) is 1. The average Bonchev–Trinajstić information content (AvgIpc) is 2.10. The Morgan fingerprint density at radius 3 is 2.33 bits per heavy atom. The highest BCUT2D eigenvalue weighted by Gasteiger charge is 2.41. The molecule has 1 aromatic rings. The Hall–Kier alpha value is -1.01. The first-order valence-corrected chi connectivity index (χ1v) is 4.12. The van der Waals surface area contributed by atoms with E-state index in [0.29, 0.717) is 6.07 Å². The fourth-order valence-electron chi connectivity index (χ4n) is 1.02. The second kappa shape index (κ2) is 3.86. The summed E-state index contributed by atoms with van der Waals surface area (Å²) in [5.74, 6) is -2.23. The number of halogens is 5. The third-order valence-electron chi connectivity index (χ3n) is 1.78. The van der Waals surface area contributed by atoms with Gasteiger partial charge in [0.1, 0.15) is 17.6 Å². The van der Waals surface area contributed by atoms with E-state index in [9.17, 15) is 17.6 Å². The SMILES string of the molecule is N[C@@H](c1c(F)ccc(Cl)c1O)C(F)(F)F. The minimum Gasteiger partial charge on any atom is -0.506 e. The zero-order chi connectivity index (χ0) is 11.8. The molecule has 0 heterocycles. The number of hydrogen-bond donors (Lipinski definition) is 2. The van der Waals surface area contributed by atoms with E-state index < -0.39 is 29.3 Å². The van der Waals surface area contributed by atoms with E-state index in [1.165, 1.54) is 0 Å². The molecule has 0 saturated carbocycles. The van der Waals surface area contributed by atoms with Gasteiger partial charge in [0.2, 0.25) is 0 Å². The Balaban J connectivity index is 3.31. The number of alkyl halides is 3. The number of benzene rings is 1. The second-order valence-corrected chi connectivity index (χ2v) is 3.22. The van der Waals surface area contributed by atoms with Crippen LogP contribution in [0.5, 0.6) is 5.75 Å². The van der Waals surface area contributed by atoms with Crippen LogP contribution in [0.15, 0.2) is 12.1 Å². The van der Waals surface area contributed by atoms with Crippen LogP contribution in [0.3, 0.4) is 0 Å². The quantitative estimate of drug-likeness (QED) is 0.745. The van der Waals surface area contributed by atoms with Crippen LogP contribution in [0.1, 0.15) is 11.6 Å². The molecule has 0 amide bonds. The highest BCUT2D eigenvalue weighted by Crippen LogP contribution is 2.39. The molecule has 3 N–H and O–H groups in total. The van der Waals surface area contributed by atoms with Crippen molar-refractivity contribution in [1.29, 1.82) is 0 Å². The monoisotopic (exact) mass is 243 g/mol. The van der Waals surface area contributed by atoms with Gasteiger partial charge in [0.05, 0.1) is 10.6 Å². The molecule has 1 aromatic carbocycles. The zero-order valence-corrected chi connectivity index (χ0v) is 7.90. The van der Waals surface area contributed by atoms with Crippen molar-refractivity contribution in [3.63, 3.8) is 0 Å². The summed E-state index contributed by atoms with van der Waals surface area (Å²) >= 11 is 5.34. The van der Waals surface area contributed by atoms with Crippen molar-refractivity contribution in [1.82, 2.24) is 0 Å². The van der Waals surface area contributed by atoms with Crippen LogP contribution >= 0.6 is 11.6 Å². The average molecular weight is 244 g/mol. The van der Waals surface area contributed by atoms with E-state index in [1.54, 1.807) is 0 Å². The van der Waals surface area contributed by atoms with Crippen molar-refractivity contribution >= 4 is 11.6 Å². The predicted molar refractivity (Wildman–Crippen MR) is 46.1 cm³/mol. The Morgan fingerprint density at radius 2 is 1.87 bits per heavy atom. The highest BCUT2D eigenvalue weighted by atomic mass is 35.5. The molecule has 0 aliphatic carbocycles. The maximum absolute atomic E-state index is 13.0. The lowest BCUT2D eigenvalue weighted by Crippen LogP contribution is -2.29. The van der Waals surface area contributed by atoms with Gasteiger partial charge in [-0.25, -0.2) is 4.39 Å². The first kappa shape index (κ1) is 12.1. The molecular weight excluding hydrogens is 238 g/mol. The Labute approximate surface area is 87.3 Å². The lowest BCUT2D eigenvalue weighted by atomic mass is 10.1. The standard InChI is InChI=1S/C8H6ClF4NO/c9-3-1-2-4(10)5(6(3)15)7(14)8(11,12)13/h1-2,7,15H,14H2/t7-/m0/s1. The number of phenolic OH excluding ortho intramolecular Hbond substituents is 1. The first-order valence-electron chi connectivity index (χ1n) is 3.74. The minimum absolute atomic E-state index is 0.383. The fraction of sp³-hybridized carbons (Fsp3) is 0.250. The molecule has 0 unspecified atom stereocenters. The highest BCUT2D eigenvalue weighted by molar-refractivity contribution is 6.32.